The quantitative estimate of drug-likeness (QED) is 0.368. The SMILES string of the molecule is CCC[C@H]1NC(=O)c2csc(n2)[C@H](C)NC(=O)[C@H](C(C)C)N(C)C(=O)[C@H](Cc2ccc(O)cc2)N(C)C(=O)[C@H](C(C)CC)OC(=O)[C@H]1C. The Balaban J connectivity index is 2.15. The minimum Gasteiger partial charge on any atom is -0.508 e. The summed E-state index contributed by atoms with van der Waals surface area (Å²) in [5.41, 5.74) is 0.843. The Hall–Kier alpha value is -4.00. The summed E-state index contributed by atoms with van der Waals surface area (Å²) in [6.45, 7) is 12.7. The molecule has 264 valence electrons. The normalized spacial score (nSPS) is 25.9. The highest BCUT2D eigenvalue weighted by atomic mass is 32.1. The van der Waals surface area contributed by atoms with Crippen LogP contribution in [0.15, 0.2) is 29.6 Å². The van der Waals surface area contributed by atoms with Gasteiger partial charge in [-0.25, -0.2) is 4.98 Å². The number of aromatic hydroxyl groups is 1. The lowest BCUT2D eigenvalue weighted by atomic mass is 9.95. The lowest BCUT2D eigenvalue weighted by Crippen LogP contribution is -2.58. The number of carbonyl (C=O) groups is 5. The van der Waals surface area contributed by atoms with E-state index in [1.807, 2.05) is 27.7 Å². The first-order valence-corrected chi connectivity index (χ1v) is 17.6. The van der Waals surface area contributed by atoms with Crippen molar-refractivity contribution in [2.24, 2.45) is 17.8 Å². The van der Waals surface area contributed by atoms with E-state index in [2.05, 4.69) is 15.6 Å². The lowest BCUT2D eigenvalue weighted by molar-refractivity contribution is -0.169. The molecule has 3 rings (SSSR count). The van der Waals surface area contributed by atoms with Gasteiger partial charge in [0.1, 0.15) is 28.5 Å². The van der Waals surface area contributed by atoms with E-state index in [9.17, 15) is 29.1 Å². The predicted molar refractivity (Wildman–Crippen MR) is 183 cm³/mol. The summed E-state index contributed by atoms with van der Waals surface area (Å²) in [6.07, 6.45) is 0.549. The standard InChI is InChI=1S/C35H51N5O7S/c1-10-12-25-21(6)35(46)47-29(20(5)11-2)34(45)39(8)27(17-23-13-15-24(41)16-14-23)33(44)40(9)28(19(3)4)31(43)36-22(7)32-38-26(18-48-32)30(42)37-25/h13-16,18-22,25,27-29,41H,10-12,17H2,1-9H3,(H,36,43)(H,37,42)/t20?,21-,22-,25+,27-,28-,29-/m0/s1. The van der Waals surface area contributed by atoms with Crippen molar-refractivity contribution in [1.29, 1.82) is 0 Å². The maximum Gasteiger partial charge on any atom is 0.311 e. The van der Waals surface area contributed by atoms with Crippen molar-refractivity contribution in [3.8, 4) is 5.75 Å². The van der Waals surface area contributed by atoms with Crippen molar-refractivity contribution in [3.63, 3.8) is 0 Å². The van der Waals surface area contributed by atoms with Crippen molar-refractivity contribution in [3.05, 3.63) is 45.9 Å². The van der Waals surface area contributed by atoms with Crippen LogP contribution < -0.4 is 10.6 Å². The zero-order valence-corrected chi connectivity index (χ0v) is 30.3. The molecule has 0 aliphatic carbocycles. The third-order valence-electron chi connectivity index (χ3n) is 9.15. The summed E-state index contributed by atoms with van der Waals surface area (Å²) in [5.74, 6) is -3.97. The molecule has 13 heteroatoms. The molecule has 4 amide bonds. The molecule has 1 aromatic heterocycles. The molecule has 2 heterocycles. The van der Waals surface area contributed by atoms with E-state index in [0.29, 0.717) is 29.8 Å². The molecule has 0 fully saturated rings. The number of likely N-dealkylation sites (N-methyl/N-ethyl adjacent to an activating group) is 2. The number of nitrogens with zero attached hydrogens (tertiary/aromatic N) is 3. The van der Waals surface area contributed by atoms with Gasteiger partial charge >= 0.3 is 5.97 Å². The van der Waals surface area contributed by atoms with E-state index in [-0.39, 0.29) is 23.8 Å². The molecule has 3 N–H and O–H groups in total. The van der Waals surface area contributed by atoms with Crippen molar-refractivity contribution in [2.75, 3.05) is 14.1 Å². The summed E-state index contributed by atoms with van der Waals surface area (Å²) >= 11 is 1.23. The summed E-state index contributed by atoms with van der Waals surface area (Å²) in [5, 5.41) is 17.9. The molecule has 12 nitrogen and oxygen atoms in total. The molecule has 0 saturated heterocycles. The molecule has 1 aromatic carbocycles. The molecule has 2 aromatic rings. The maximum absolute atomic E-state index is 14.4. The minimum atomic E-state index is -1.21. The largest absolute Gasteiger partial charge is 0.508 e. The van der Waals surface area contributed by atoms with Crippen LogP contribution in [-0.4, -0.2) is 87.8 Å². The van der Waals surface area contributed by atoms with E-state index in [4.69, 9.17) is 4.74 Å². The number of amides is 4. The van der Waals surface area contributed by atoms with Crippen LogP contribution in [0.3, 0.4) is 0 Å². The van der Waals surface area contributed by atoms with Gasteiger partial charge in [0.2, 0.25) is 11.8 Å². The van der Waals surface area contributed by atoms with Crippen molar-refractivity contribution in [2.45, 2.75) is 104 Å². The monoisotopic (exact) mass is 685 g/mol. The summed E-state index contributed by atoms with van der Waals surface area (Å²) < 4.78 is 5.95. The summed E-state index contributed by atoms with van der Waals surface area (Å²) in [7, 11) is 3.04. The van der Waals surface area contributed by atoms with Crippen molar-refractivity contribution < 1.29 is 33.8 Å². The number of ether oxygens (including phenoxy) is 1. The van der Waals surface area contributed by atoms with Crippen molar-refractivity contribution in [1.82, 2.24) is 25.4 Å². The lowest BCUT2D eigenvalue weighted by Gasteiger charge is -2.38. The van der Waals surface area contributed by atoms with Crippen LogP contribution >= 0.6 is 11.3 Å². The molecular weight excluding hydrogens is 634 g/mol. The van der Waals surface area contributed by atoms with Gasteiger partial charge in [0.25, 0.3) is 11.8 Å². The Kier molecular flexibility index (Phi) is 13.5. The topological polar surface area (TPSA) is 158 Å². The third kappa shape index (κ3) is 9.12. The van der Waals surface area contributed by atoms with E-state index in [0.717, 1.165) is 0 Å². The van der Waals surface area contributed by atoms with Crippen LogP contribution in [0, 0.1) is 17.8 Å². The second-order valence-corrected chi connectivity index (χ2v) is 14.1. The van der Waals surface area contributed by atoms with E-state index >= 15 is 0 Å². The van der Waals surface area contributed by atoms with Crippen LogP contribution in [0.5, 0.6) is 5.75 Å². The Labute approximate surface area is 287 Å². The van der Waals surface area contributed by atoms with Gasteiger partial charge in [0.05, 0.1) is 12.0 Å². The highest BCUT2D eigenvalue weighted by Gasteiger charge is 2.41. The number of fused-ring (bicyclic) bond motifs is 2. The van der Waals surface area contributed by atoms with Crippen LogP contribution in [0.2, 0.25) is 0 Å². The van der Waals surface area contributed by atoms with Gasteiger partial charge in [-0.1, -0.05) is 53.2 Å². The molecule has 1 aliphatic rings. The van der Waals surface area contributed by atoms with Gasteiger partial charge in [-0.2, -0.15) is 0 Å². The summed E-state index contributed by atoms with van der Waals surface area (Å²) in [6, 6.07) is 3.21. The van der Waals surface area contributed by atoms with Gasteiger partial charge in [0.15, 0.2) is 6.10 Å². The smallest absolute Gasteiger partial charge is 0.311 e. The van der Waals surface area contributed by atoms with Crippen molar-refractivity contribution >= 4 is 40.9 Å². The summed E-state index contributed by atoms with van der Waals surface area (Å²) in [4.78, 5) is 76.6. The Morgan fingerprint density at radius 1 is 0.958 bits per heavy atom. The number of hydrogen-bond acceptors (Lipinski definition) is 9. The highest BCUT2D eigenvalue weighted by Crippen LogP contribution is 2.25. The van der Waals surface area contributed by atoms with Crippen LogP contribution in [0.25, 0.3) is 0 Å². The molecule has 0 radical (unpaired) electrons. The Bertz CT molecular complexity index is 1440. The zero-order chi connectivity index (χ0) is 35.9. The number of rotatable bonds is 7. The number of aromatic nitrogens is 1. The fourth-order valence-corrected chi connectivity index (χ4v) is 6.68. The molecule has 0 saturated carbocycles. The van der Waals surface area contributed by atoms with Gasteiger partial charge in [-0.15, -0.1) is 11.3 Å². The second-order valence-electron chi connectivity index (χ2n) is 13.2. The molecule has 1 unspecified atom stereocenters. The molecule has 7 atom stereocenters. The van der Waals surface area contributed by atoms with Gasteiger partial charge < -0.3 is 30.3 Å². The number of hydrogen-bond donors (Lipinski definition) is 3. The highest BCUT2D eigenvalue weighted by molar-refractivity contribution is 7.09. The first-order valence-electron chi connectivity index (χ1n) is 16.7. The van der Waals surface area contributed by atoms with E-state index < -0.39 is 71.7 Å². The minimum absolute atomic E-state index is 0.0561. The van der Waals surface area contributed by atoms with E-state index in [1.54, 1.807) is 38.3 Å². The maximum atomic E-state index is 14.4. The number of nitrogens with one attached hydrogen (secondary N) is 2. The average molecular weight is 686 g/mol. The number of phenolic OH excluding ortho intramolecular Hbond substituents is 1. The fraction of sp³-hybridized carbons (Fsp3) is 0.600. The molecule has 2 bridgehead atoms. The molecule has 1 aliphatic heterocycles. The first kappa shape index (κ1) is 38.4. The number of cyclic esters (lactones) is 1. The molecular formula is C35H51N5O7S. The number of phenols is 1. The van der Waals surface area contributed by atoms with Crippen LogP contribution in [0.1, 0.15) is 94.8 Å². The number of thiazole rings is 1. The molecule has 0 spiro atoms. The Morgan fingerprint density at radius 2 is 1.60 bits per heavy atom. The Morgan fingerprint density at radius 3 is 2.19 bits per heavy atom. The van der Waals surface area contributed by atoms with Crippen LogP contribution in [0.4, 0.5) is 0 Å². The van der Waals surface area contributed by atoms with Crippen LogP contribution in [-0.2, 0) is 30.3 Å². The zero-order valence-electron chi connectivity index (χ0n) is 29.5. The van der Waals surface area contributed by atoms with Gasteiger partial charge in [-0.3, -0.25) is 24.0 Å². The number of carbonyl (C=O) groups excluding carboxylic acids is 5. The second kappa shape index (κ2) is 16.9. The average Bonchev–Trinajstić information content (AvgIpc) is 3.55. The van der Waals surface area contributed by atoms with E-state index in [1.165, 1.54) is 47.4 Å². The van der Waals surface area contributed by atoms with Gasteiger partial charge in [0, 0.05) is 37.9 Å². The third-order valence-corrected chi connectivity index (χ3v) is 10.2. The fourth-order valence-electron chi connectivity index (χ4n) is 5.87. The molecule has 48 heavy (non-hydrogen) atoms. The number of esters is 1. The number of benzene rings is 1. The predicted octanol–water partition coefficient (Wildman–Crippen LogP) is 4.08. The van der Waals surface area contributed by atoms with Gasteiger partial charge in [-0.05, 0) is 50.3 Å². The first-order chi connectivity index (χ1) is 22.6.